The fourth-order valence-corrected chi connectivity index (χ4v) is 4.41. The van der Waals surface area contributed by atoms with Crippen molar-refractivity contribution in [3.05, 3.63) is 33.8 Å². The highest BCUT2D eigenvalue weighted by Gasteiger charge is 2.24. The summed E-state index contributed by atoms with van der Waals surface area (Å²) in [6, 6.07) is 5.83. The van der Waals surface area contributed by atoms with E-state index in [-0.39, 0.29) is 5.91 Å². The van der Waals surface area contributed by atoms with Crippen LogP contribution in [0.1, 0.15) is 41.6 Å². The zero-order valence-corrected chi connectivity index (χ0v) is 15.0. The lowest BCUT2D eigenvalue weighted by Crippen LogP contribution is -2.34. The molecule has 0 saturated heterocycles. The van der Waals surface area contributed by atoms with E-state index in [9.17, 15) is 4.79 Å². The number of nitrogens with one attached hydrogen (secondary N) is 1. The Morgan fingerprint density at radius 1 is 1.25 bits per heavy atom. The number of hydrogen-bond donors (Lipinski definition) is 1. The van der Waals surface area contributed by atoms with E-state index < -0.39 is 0 Å². The molecule has 1 aliphatic carbocycles. The van der Waals surface area contributed by atoms with Gasteiger partial charge < -0.3 is 5.32 Å². The standard InChI is InChI=1S/C16H21Br2NO/c1-11-6-14(8-15(18)7-11)16(20)19-10-13-5-3-2-4-12(13)9-17/h6-8,12-13H,2-5,9-10H2,1H3,(H,19,20). The molecule has 1 fully saturated rings. The van der Waals surface area contributed by atoms with Gasteiger partial charge in [0.1, 0.15) is 0 Å². The molecule has 2 rings (SSSR count). The van der Waals surface area contributed by atoms with Crippen LogP contribution in [0.5, 0.6) is 0 Å². The van der Waals surface area contributed by atoms with E-state index in [1.165, 1.54) is 25.7 Å². The summed E-state index contributed by atoms with van der Waals surface area (Å²) in [4.78, 5) is 12.2. The molecule has 1 aliphatic rings. The first-order chi connectivity index (χ1) is 9.60. The number of alkyl halides is 1. The summed E-state index contributed by atoms with van der Waals surface area (Å²) < 4.78 is 0.957. The van der Waals surface area contributed by atoms with Crippen molar-refractivity contribution in [2.75, 3.05) is 11.9 Å². The minimum absolute atomic E-state index is 0.0355. The third-order valence-electron chi connectivity index (χ3n) is 4.09. The molecule has 110 valence electrons. The molecule has 2 atom stereocenters. The molecule has 1 N–H and O–H groups in total. The Bertz CT molecular complexity index is 455. The van der Waals surface area contributed by atoms with Crippen molar-refractivity contribution in [3.63, 3.8) is 0 Å². The minimum atomic E-state index is 0.0355. The monoisotopic (exact) mass is 401 g/mol. The zero-order valence-electron chi connectivity index (χ0n) is 11.8. The van der Waals surface area contributed by atoms with Crippen molar-refractivity contribution in [2.24, 2.45) is 11.8 Å². The van der Waals surface area contributed by atoms with Gasteiger partial charge in [0.05, 0.1) is 0 Å². The van der Waals surface area contributed by atoms with Crippen molar-refractivity contribution in [1.29, 1.82) is 0 Å². The highest BCUT2D eigenvalue weighted by atomic mass is 79.9. The molecule has 0 aromatic heterocycles. The number of halogens is 2. The van der Waals surface area contributed by atoms with Gasteiger partial charge >= 0.3 is 0 Å². The van der Waals surface area contributed by atoms with Crippen LogP contribution < -0.4 is 5.32 Å². The van der Waals surface area contributed by atoms with Gasteiger partial charge in [-0.1, -0.05) is 44.7 Å². The molecular weight excluding hydrogens is 382 g/mol. The fraction of sp³-hybridized carbons (Fsp3) is 0.562. The number of benzene rings is 1. The largest absolute Gasteiger partial charge is 0.352 e. The molecule has 0 radical (unpaired) electrons. The van der Waals surface area contributed by atoms with E-state index >= 15 is 0 Å². The van der Waals surface area contributed by atoms with Crippen molar-refractivity contribution < 1.29 is 4.79 Å². The number of carbonyl (C=O) groups excluding carboxylic acids is 1. The first kappa shape index (κ1) is 16.0. The van der Waals surface area contributed by atoms with Gasteiger partial charge in [-0.3, -0.25) is 4.79 Å². The Hall–Kier alpha value is -0.350. The van der Waals surface area contributed by atoms with Crippen LogP contribution in [0.4, 0.5) is 0 Å². The molecule has 1 saturated carbocycles. The molecule has 0 bridgehead atoms. The van der Waals surface area contributed by atoms with Crippen molar-refractivity contribution in [3.8, 4) is 0 Å². The summed E-state index contributed by atoms with van der Waals surface area (Å²) in [5.74, 6) is 1.35. The zero-order chi connectivity index (χ0) is 14.5. The summed E-state index contributed by atoms with van der Waals surface area (Å²) in [5, 5.41) is 4.15. The predicted molar refractivity (Wildman–Crippen MR) is 90.5 cm³/mol. The molecular formula is C16H21Br2NO. The second-order valence-corrected chi connectivity index (χ2v) is 7.25. The molecule has 4 heteroatoms. The molecule has 2 unspecified atom stereocenters. The van der Waals surface area contributed by atoms with E-state index in [1.807, 2.05) is 25.1 Å². The Kier molecular flexibility index (Phi) is 6.09. The maximum Gasteiger partial charge on any atom is 0.251 e. The maximum absolute atomic E-state index is 12.2. The van der Waals surface area contributed by atoms with Crippen LogP contribution in [-0.2, 0) is 0 Å². The van der Waals surface area contributed by atoms with E-state index in [0.29, 0.717) is 11.8 Å². The normalized spacial score (nSPS) is 22.6. The van der Waals surface area contributed by atoms with Gasteiger partial charge in [-0.25, -0.2) is 0 Å². The van der Waals surface area contributed by atoms with Crippen LogP contribution in [0.2, 0.25) is 0 Å². The second-order valence-electron chi connectivity index (χ2n) is 5.69. The van der Waals surface area contributed by atoms with Crippen LogP contribution in [0.25, 0.3) is 0 Å². The Morgan fingerprint density at radius 3 is 2.60 bits per heavy atom. The number of carbonyl (C=O) groups is 1. The molecule has 0 heterocycles. The highest BCUT2D eigenvalue weighted by Crippen LogP contribution is 2.30. The summed E-state index contributed by atoms with van der Waals surface area (Å²) in [7, 11) is 0. The average molecular weight is 403 g/mol. The van der Waals surface area contributed by atoms with Crippen LogP contribution in [-0.4, -0.2) is 17.8 Å². The third kappa shape index (κ3) is 4.32. The van der Waals surface area contributed by atoms with Gasteiger partial charge in [0.2, 0.25) is 0 Å². The molecule has 1 aromatic rings. The lowest BCUT2D eigenvalue weighted by atomic mass is 9.80. The van der Waals surface area contributed by atoms with Gasteiger partial charge in [-0.15, -0.1) is 0 Å². The van der Waals surface area contributed by atoms with Crippen LogP contribution in [0.15, 0.2) is 22.7 Å². The number of rotatable bonds is 4. The van der Waals surface area contributed by atoms with Gasteiger partial charge in [0.25, 0.3) is 5.91 Å². The summed E-state index contributed by atoms with van der Waals surface area (Å²) in [6.45, 7) is 2.80. The SMILES string of the molecule is Cc1cc(Br)cc(C(=O)NCC2CCCCC2CBr)c1. The Balaban J connectivity index is 1.94. The average Bonchev–Trinajstić information content (AvgIpc) is 2.44. The smallest absolute Gasteiger partial charge is 0.251 e. The van der Waals surface area contributed by atoms with Crippen molar-refractivity contribution in [1.82, 2.24) is 5.32 Å². The molecule has 0 aliphatic heterocycles. The van der Waals surface area contributed by atoms with Gasteiger partial charge in [-0.05, 0) is 55.4 Å². The van der Waals surface area contributed by atoms with E-state index in [4.69, 9.17) is 0 Å². The second kappa shape index (κ2) is 7.60. The minimum Gasteiger partial charge on any atom is -0.352 e. The summed E-state index contributed by atoms with van der Waals surface area (Å²) in [6.07, 6.45) is 5.13. The summed E-state index contributed by atoms with van der Waals surface area (Å²) in [5.41, 5.74) is 1.84. The molecule has 2 nitrogen and oxygen atoms in total. The third-order valence-corrected chi connectivity index (χ3v) is 5.38. The molecule has 20 heavy (non-hydrogen) atoms. The predicted octanol–water partition coefficient (Wildman–Crippen LogP) is 4.69. The van der Waals surface area contributed by atoms with Crippen molar-refractivity contribution >= 4 is 37.8 Å². The highest BCUT2D eigenvalue weighted by molar-refractivity contribution is 9.10. The lowest BCUT2D eigenvalue weighted by Gasteiger charge is -2.30. The fourth-order valence-electron chi connectivity index (χ4n) is 2.95. The maximum atomic E-state index is 12.2. The number of aryl methyl sites for hydroxylation is 1. The lowest BCUT2D eigenvalue weighted by molar-refractivity contribution is 0.0937. The Labute approximate surface area is 138 Å². The van der Waals surface area contributed by atoms with Gasteiger partial charge in [0.15, 0.2) is 0 Å². The summed E-state index contributed by atoms with van der Waals surface area (Å²) >= 11 is 7.05. The van der Waals surface area contributed by atoms with E-state index in [0.717, 1.165) is 27.5 Å². The number of amides is 1. The van der Waals surface area contributed by atoms with E-state index in [1.54, 1.807) is 0 Å². The van der Waals surface area contributed by atoms with Gasteiger partial charge in [0, 0.05) is 21.9 Å². The molecule has 1 aromatic carbocycles. The topological polar surface area (TPSA) is 29.1 Å². The van der Waals surface area contributed by atoms with Crippen LogP contribution in [0.3, 0.4) is 0 Å². The van der Waals surface area contributed by atoms with E-state index in [2.05, 4.69) is 37.2 Å². The van der Waals surface area contributed by atoms with Gasteiger partial charge in [-0.2, -0.15) is 0 Å². The Morgan fingerprint density at radius 2 is 1.95 bits per heavy atom. The molecule has 0 spiro atoms. The first-order valence-electron chi connectivity index (χ1n) is 7.21. The van der Waals surface area contributed by atoms with Crippen LogP contribution in [0, 0.1) is 18.8 Å². The van der Waals surface area contributed by atoms with Crippen LogP contribution >= 0.6 is 31.9 Å². The quantitative estimate of drug-likeness (QED) is 0.727. The number of hydrogen-bond acceptors (Lipinski definition) is 1. The molecule has 1 amide bonds. The van der Waals surface area contributed by atoms with Crippen molar-refractivity contribution in [2.45, 2.75) is 32.6 Å². The first-order valence-corrected chi connectivity index (χ1v) is 9.13.